The van der Waals surface area contributed by atoms with E-state index in [2.05, 4.69) is 133 Å². The van der Waals surface area contributed by atoms with Gasteiger partial charge >= 0.3 is 0 Å². The molecule has 0 amide bonds. The maximum Gasteiger partial charge on any atom is 0.164 e. The first kappa shape index (κ1) is 27.5. The van der Waals surface area contributed by atoms with Crippen LogP contribution in [-0.4, -0.2) is 15.0 Å². The van der Waals surface area contributed by atoms with Gasteiger partial charge in [-0.3, -0.25) is 0 Å². The summed E-state index contributed by atoms with van der Waals surface area (Å²) in [5, 5.41) is 9.12. The lowest BCUT2D eigenvalue weighted by Gasteiger charge is -2.14. The average Bonchev–Trinajstić information content (AvgIpc) is 3.55. The molecule has 0 atom stereocenters. The third kappa shape index (κ3) is 4.57. The van der Waals surface area contributed by atoms with Crippen molar-refractivity contribution in [3.8, 4) is 45.3 Å². The smallest absolute Gasteiger partial charge is 0.164 e. The second kappa shape index (κ2) is 11.0. The molecule has 0 spiro atoms. The molecular formula is C45H27N3O. The summed E-state index contributed by atoms with van der Waals surface area (Å²) in [5.74, 6) is 1.87. The number of furan rings is 1. The normalized spacial score (nSPS) is 11.7. The first-order valence-electron chi connectivity index (χ1n) is 16.4. The van der Waals surface area contributed by atoms with Gasteiger partial charge in [0.05, 0.1) is 0 Å². The van der Waals surface area contributed by atoms with Gasteiger partial charge in [-0.1, -0.05) is 127 Å². The van der Waals surface area contributed by atoms with Crippen molar-refractivity contribution >= 4 is 54.3 Å². The van der Waals surface area contributed by atoms with Crippen LogP contribution < -0.4 is 0 Å². The van der Waals surface area contributed by atoms with Gasteiger partial charge in [0.25, 0.3) is 0 Å². The molecule has 0 saturated heterocycles. The first-order chi connectivity index (χ1) is 24.3. The molecule has 0 bridgehead atoms. The number of nitrogens with zero attached hydrogens (tertiary/aromatic N) is 3. The summed E-state index contributed by atoms with van der Waals surface area (Å²) in [5.41, 5.74) is 6.85. The molecule has 0 fully saturated rings. The summed E-state index contributed by atoms with van der Waals surface area (Å²) in [6.45, 7) is 0. The van der Waals surface area contributed by atoms with E-state index in [9.17, 15) is 0 Å². The van der Waals surface area contributed by atoms with Crippen molar-refractivity contribution in [3.05, 3.63) is 164 Å². The van der Waals surface area contributed by atoms with Gasteiger partial charge in [0.15, 0.2) is 17.5 Å². The molecule has 228 valence electrons. The predicted molar refractivity (Wildman–Crippen MR) is 201 cm³/mol. The zero-order valence-electron chi connectivity index (χ0n) is 26.3. The van der Waals surface area contributed by atoms with E-state index >= 15 is 0 Å². The molecule has 0 N–H and O–H groups in total. The van der Waals surface area contributed by atoms with Crippen LogP contribution in [0.15, 0.2) is 168 Å². The van der Waals surface area contributed by atoms with Crippen LogP contribution in [0, 0.1) is 0 Å². The molecule has 0 aliphatic rings. The Bertz CT molecular complexity index is 2890. The van der Waals surface area contributed by atoms with Crippen molar-refractivity contribution in [2.45, 2.75) is 0 Å². The van der Waals surface area contributed by atoms with E-state index in [4.69, 9.17) is 19.4 Å². The van der Waals surface area contributed by atoms with Crippen LogP contribution >= 0.6 is 0 Å². The highest BCUT2D eigenvalue weighted by Gasteiger charge is 2.17. The number of hydrogen-bond acceptors (Lipinski definition) is 4. The Labute approximate surface area is 282 Å². The van der Waals surface area contributed by atoms with Crippen LogP contribution in [0.5, 0.6) is 0 Å². The van der Waals surface area contributed by atoms with Crippen molar-refractivity contribution < 1.29 is 4.42 Å². The fourth-order valence-corrected chi connectivity index (χ4v) is 7.14. The molecule has 2 aromatic heterocycles. The molecule has 4 heteroatoms. The number of rotatable bonds is 4. The summed E-state index contributed by atoms with van der Waals surface area (Å²) < 4.78 is 6.14. The topological polar surface area (TPSA) is 51.8 Å². The zero-order valence-corrected chi connectivity index (χ0v) is 26.3. The van der Waals surface area contributed by atoms with Crippen LogP contribution in [-0.2, 0) is 0 Å². The first-order valence-corrected chi connectivity index (χ1v) is 16.4. The minimum absolute atomic E-state index is 0.613. The van der Waals surface area contributed by atoms with E-state index in [0.29, 0.717) is 17.5 Å². The fraction of sp³-hybridized carbons (Fsp3) is 0. The molecule has 2 heterocycles. The van der Waals surface area contributed by atoms with Crippen LogP contribution in [0.3, 0.4) is 0 Å². The maximum atomic E-state index is 6.14. The van der Waals surface area contributed by atoms with Gasteiger partial charge in [0, 0.05) is 27.5 Å². The standard InChI is InChI=1S/C45H27N3O/c1-2-11-29(12-3-1)38-25-30-14-5-7-17-34(30)35-23-21-31(26-39(35)38)43-46-44(32-22-24-42-40(27-32)36-18-8-9-20-41(36)49-42)48-45(47-43)37-19-10-15-28-13-4-6-16-33(28)37/h1-27H. The lowest BCUT2D eigenvalue weighted by Crippen LogP contribution is -2.00. The summed E-state index contributed by atoms with van der Waals surface area (Å²) in [6, 6.07) is 57.0. The zero-order chi connectivity index (χ0) is 32.3. The molecule has 8 aromatic carbocycles. The van der Waals surface area contributed by atoms with Crippen LogP contribution in [0.4, 0.5) is 0 Å². The van der Waals surface area contributed by atoms with Crippen molar-refractivity contribution in [2.24, 2.45) is 0 Å². The number of hydrogen-bond donors (Lipinski definition) is 0. The highest BCUT2D eigenvalue weighted by atomic mass is 16.3. The Kier molecular flexibility index (Phi) is 6.15. The summed E-state index contributed by atoms with van der Waals surface area (Å²) in [4.78, 5) is 15.5. The summed E-state index contributed by atoms with van der Waals surface area (Å²) >= 11 is 0. The second-order valence-electron chi connectivity index (χ2n) is 12.4. The molecule has 0 saturated carbocycles. The van der Waals surface area contributed by atoms with Gasteiger partial charge in [0.2, 0.25) is 0 Å². The number of fused-ring (bicyclic) bond motifs is 7. The highest BCUT2D eigenvalue weighted by molar-refractivity contribution is 6.14. The van der Waals surface area contributed by atoms with Crippen LogP contribution in [0.25, 0.3) is 99.5 Å². The molecule has 4 nitrogen and oxygen atoms in total. The van der Waals surface area contributed by atoms with Crippen LogP contribution in [0.2, 0.25) is 0 Å². The van der Waals surface area contributed by atoms with Gasteiger partial charge < -0.3 is 4.42 Å². The van der Waals surface area contributed by atoms with E-state index in [1.807, 2.05) is 30.3 Å². The van der Waals surface area contributed by atoms with Gasteiger partial charge in [-0.15, -0.1) is 0 Å². The second-order valence-corrected chi connectivity index (χ2v) is 12.4. The third-order valence-electron chi connectivity index (χ3n) is 9.50. The number of benzene rings is 8. The Balaban J connectivity index is 1.23. The molecule has 49 heavy (non-hydrogen) atoms. The van der Waals surface area contributed by atoms with Gasteiger partial charge in [0.1, 0.15) is 11.2 Å². The Morgan fingerprint density at radius 3 is 1.76 bits per heavy atom. The Hall–Kier alpha value is -6.65. The van der Waals surface area contributed by atoms with Crippen molar-refractivity contribution in [2.75, 3.05) is 0 Å². The third-order valence-corrected chi connectivity index (χ3v) is 9.50. The lowest BCUT2D eigenvalue weighted by molar-refractivity contribution is 0.669. The van der Waals surface area contributed by atoms with E-state index in [-0.39, 0.29) is 0 Å². The number of aromatic nitrogens is 3. The SMILES string of the molecule is c1ccc(-c2cc3ccccc3c3ccc(-c4nc(-c5ccc6oc7ccccc7c6c5)nc(-c5cccc6ccccc56)n4)cc23)cc1. The monoisotopic (exact) mass is 625 g/mol. The summed E-state index contributed by atoms with van der Waals surface area (Å²) in [6.07, 6.45) is 0. The number of para-hydroxylation sites is 1. The van der Waals surface area contributed by atoms with E-state index < -0.39 is 0 Å². The molecular weight excluding hydrogens is 599 g/mol. The quantitative estimate of drug-likeness (QED) is 0.183. The van der Waals surface area contributed by atoms with Crippen molar-refractivity contribution in [1.29, 1.82) is 0 Å². The minimum atomic E-state index is 0.613. The van der Waals surface area contributed by atoms with Crippen molar-refractivity contribution in [1.82, 2.24) is 15.0 Å². The molecule has 10 aromatic rings. The molecule has 0 radical (unpaired) electrons. The fourth-order valence-electron chi connectivity index (χ4n) is 7.14. The highest BCUT2D eigenvalue weighted by Crippen LogP contribution is 2.38. The molecule has 0 aliphatic carbocycles. The summed E-state index contributed by atoms with van der Waals surface area (Å²) in [7, 11) is 0. The van der Waals surface area contributed by atoms with Gasteiger partial charge in [-0.2, -0.15) is 0 Å². The van der Waals surface area contributed by atoms with Crippen molar-refractivity contribution in [3.63, 3.8) is 0 Å². The average molecular weight is 626 g/mol. The van der Waals surface area contributed by atoms with E-state index in [0.717, 1.165) is 54.8 Å². The predicted octanol–water partition coefficient (Wildman–Crippen LogP) is 11.9. The van der Waals surface area contributed by atoms with E-state index in [1.54, 1.807) is 0 Å². The molecule has 0 unspecified atom stereocenters. The lowest BCUT2D eigenvalue weighted by atomic mass is 9.92. The Morgan fingerprint density at radius 1 is 0.306 bits per heavy atom. The van der Waals surface area contributed by atoms with Gasteiger partial charge in [-0.05, 0) is 79.8 Å². The van der Waals surface area contributed by atoms with E-state index in [1.165, 1.54) is 27.3 Å². The van der Waals surface area contributed by atoms with Gasteiger partial charge in [-0.25, -0.2) is 15.0 Å². The Morgan fingerprint density at radius 2 is 0.918 bits per heavy atom. The van der Waals surface area contributed by atoms with Crippen LogP contribution in [0.1, 0.15) is 0 Å². The largest absolute Gasteiger partial charge is 0.456 e. The molecule has 0 aliphatic heterocycles. The minimum Gasteiger partial charge on any atom is -0.456 e. The maximum absolute atomic E-state index is 6.14. The molecule has 10 rings (SSSR count).